The molecular formula is C35H35N5O7S. The number of hydrogen-bond donors (Lipinski definition) is 0. The number of carbonyl (C=O) groups excluding carboxylic acids is 1. The Kier molecular flexibility index (Phi) is 8.87. The van der Waals surface area contributed by atoms with Gasteiger partial charge in [0, 0.05) is 61.5 Å². The first-order chi connectivity index (χ1) is 23.2. The molecule has 0 saturated carbocycles. The van der Waals surface area contributed by atoms with Gasteiger partial charge in [0.15, 0.2) is 5.54 Å². The van der Waals surface area contributed by atoms with Crippen molar-refractivity contribution in [3.8, 4) is 29.1 Å². The van der Waals surface area contributed by atoms with Gasteiger partial charge in [-0.3, -0.25) is 14.7 Å². The van der Waals surface area contributed by atoms with Crippen molar-refractivity contribution in [1.82, 2.24) is 9.88 Å². The topological polar surface area (TPSA) is 135 Å². The minimum absolute atomic E-state index is 0.0113. The maximum absolute atomic E-state index is 15.5. The summed E-state index contributed by atoms with van der Waals surface area (Å²) in [5.41, 5.74) is 0.396. The number of anilines is 2. The molecule has 1 unspecified atom stereocenters. The summed E-state index contributed by atoms with van der Waals surface area (Å²) in [5.74, 6) is 0.496. The number of pyridine rings is 1. The normalized spacial score (nSPS) is 17.9. The third kappa shape index (κ3) is 5.23. The summed E-state index contributed by atoms with van der Waals surface area (Å²) in [7, 11) is -0.266. The molecule has 1 fully saturated rings. The first-order valence-electron chi connectivity index (χ1n) is 15.3. The van der Waals surface area contributed by atoms with Gasteiger partial charge in [0.05, 0.1) is 45.3 Å². The van der Waals surface area contributed by atoms with Gasteiger partial charge in [-0.1, -0.05) is 0 Å². The highest BCUT2D eigenvalue weighted by atomic mass is 32.2. The Labute approximate surface area is 279 Å². The molecule has 0 radical (unpaired) electrons. The van der Waals surface area contributed by atoms with Crippen LogP contribution in [0.1, 0.15) is 23.6 Å². The second-order valence-corrected chi connectivity index (χ2v) is 12.9. The largest absolute Gasteiger partial charge is 0.497 e. The van der Waals surface area contributed by atoms with Gasteiger partial charge in [0.25, 0.3) is 15.9 Å². The molecule has 2 aliphatic rings. The van der Waals surface area contributed by atoms with Crippen molar-refractivity contribution in [3.63, 3.8) is 0 Å². The second kappa shape index (κ2) is 13.1. The fourth-order valence-electron chi connectivity index (χ4n) is 6.56. The van der Waals surface area contributed by atoms with E-state index in [4.69, 9.17) is 18.9 Å². The summed E-state index contributed by atoms with van der Waals surface area (Å²) in [6.45, 7) is 3.91. The average molecular weight is 670 g/mol. The summed E-state index contributed by atoms with van der Waals surface area (Å²) in [6, 6.07) is 20.1. The number of hydrogen-bond acceptors (Lipinski definition) is 11. The Balaban J connectivity index is 1.61. The summed E-state index contributed by atoms with van der Waals surface area (Å²) < 4.78 is 52.9. The van der Waals surface area contributed by atoms with Crippen LogP contribution in [0.2, 0.25) is 0 Å². The predicted molar refractivity (Wildman–Crippen MR) is 178 cm³/mol. The van der Waals surface area contributed by atoms with Crippen molar-refractivity contribution in [2.45, 2.75) is 17.4 Å². The molecule has 1 amide bonds. The summed E-state index contributed by atoms with van der Waals surface area (Å²) in [4.78, 5) is 23.5. The smallest absolute Gasteiger partial charge is 0.274 e. The van der Waals surface area contributed by atoms with Crippen molar-refractivity contribution >= 4 is 27.3 Å². The zero-order chi connectivity index (χ0) is 34.1. The molecule has 1 saturated heterocycles. The molecule has 0 N–H and O–H groups in total. The maximum Gasteiger partial charge on any atom is 0.274 e. The van der Waals surface area contributed by atoms with Gasteiger partial charge < -0.3 is 23.8 Å². The molecule has 12 nitrogen and oxygen atoms in total. The number of amides is 1. The molecule has 1 aromatic heterocycles. The molecule has 48 heavy (non-hydrogen) atoms. The van der Waals surface area contributed by atoms with Crippen molar-refractivity contribution in [1.29, 1.82) is 5.26 Å². The molecule has 1 atom stereocenters. The van der Waals surface area contributed by atoms with E-state index in [0.717, 1.165) is 9.99 Å². The second-order valence-electron chi connectivity index (χ2n) is 11.1. The molecule has 6 rings (SSSR count). The van der Waals surface area contributed by atoms with Gasteiger partial charge in [0.1, 0.15) is 27.9 Å². The van der Waals surface area contributed by atoms with Gasteiger partial charge in [-0.05, 0) is 67.6 Å². The minimum atomic E-state index is -4.60. The molecule has 13 heteroatoms. The molecule has 2 aliphatic heterocycles. The molecule has 3 aromatic carbocycles. The molecular weight excluding hydrogens is 634 g/mol. The van der Waals surface area contributed by atoms with Crippen LogP contribution in [-0.4, -0.2) is 78.3 Å². The summed E-state index contributed by atoms with van der Waals surface area (Å²) >= 11 is 0. The highest BCUT2D eigenvalue weighted by molar-refractivity contribution is 7.93. The van der Waals surface area contributed by atoms with Gasteiger partial charge in [-0.2, -0.15) is 5.26 Å². The van der Waals surface area contributed by atoms with E-state index in [0.29, 0.717) is 54.6 Å². The van der Waals surface area contributed by atoms with Crippen LogP contribution < -0.4 is 28.2 Å². The van der Waals surface area contributed by atoms with Crippen LogP contribution in [-0.2, 0) is 20.4 Å². The zero-order valence-electron chi connectivity index (χ0n) is 27.0. The highest BCUT2D eigenvalue weighted by Crippen LogP contribution is 2.54. The number of nitrogens with zero attached hydrogens (tertiary/aromatic N) is 5. The quantitative estimate of drug-likeness (QED) is 0.241. The van der Waals surface area contributed by atoms with Crippen LogP contribution in [0.4, 0.5) is 11.4 Å². The summed E-state index contributed by atoms with van der Waals surface area (Å²) in [5, 5.41) is 10.0. The van der Waals surface area contributed by atoms with E-state index in [-0.39, 0.29) is 28.5 Å². The Morgan fingerprint density at radius 3 is 2.17 bits per heavy atom. The number of ether oxygens (including phenoxy) is 4. The number of rotatable bonds is 10. The minimum Gasteiger partial charge on any atom is -0.497 e. The van der Waals surface area contributed by atoms with Crippen LogP contribution in [0.25, 0.3) is 0 Å². The van der Waals surface area contributed by atoms with E-state index in [1.807, 2.05) is 24.0 Å². The lowest BCUT2D eigenvalue weighted by Crippen LogP contribution is -2.60. The van der Waals surface area contributed by atoms with Gasteiger partial charge >= 0.3 is 0 Å². The van der Waals surface area contributed by atoms with Gasteiger partial charge in [0.2, 0.25) is 0 Å². The number of nitriles is 1. The van der Waals surface area contributed by atoms with Crippen LogP contribution in [0.5, 0.6) is 23.0 Å². The average Bonchev–Trinajstić information content (AvgIpc) is 3.40. The Morgan fingerprint density at radius 1 is 0.833 bits per heavy atom. The number of methoxy groups -OCH3 is 3. The van der Waals surface area contributed by atoms with Crippen LogP contribution in [0, 0.1) is 11.3 Å². The third-order valence-electron chi connectivity index (χ3n) is 8.78. The van der Waals surface area contributed by atoms with E-state index < -0.39 is 21.5 Å². The van der Waals surface area contributed by atoms with Crippen LogP contribution in [0.15, 0.2) is 84.0 Å². The predicted octanol–water partition coefficient (Wildman–Crippen LogP) is 4.18. The lowest BCUT2D eigenvalue weighted by atomic mass is 9.80. The maximum atomic E-state index is 15.5. The first kappa shape index (κ1) is 32.6. The van der Waals surface area contributed by atoms with Crippen molar-refractivity contribution in [2.75, 3.05) is 63.3 Å². The third-order valence-corrected chi connectivity index (χ3v) is 10.5. The molecule has 0 bridgehead atoms. The van der Waals surface area contributed by atoms with E-state index in [1.54, 1.807) is 36.7 Å². The van der Waals surface area contributed by atoms with E-state index in [1.165, 1.54) is 51.7 Å². The Morgan fingerprint density at radius 2 is 1.52 bits per heavy atom. The SMILES string of the molecule is CCOc1ccc(OC)cc1C1(N2CCN(c3ccncc3)CC2)C(=O)N(S(=O)(=O)c2ccc(OC)cc2OC)c2ccc(C#N)cc21. The zero-order valence-corrected chi connectivity index (χ0v) is 27.9. The number of benzene rings is 3. The molecule has 4 aromatic rings. The Bertz CT molecular complexity index is 1990. The van der Waals surface area contributed by atoms with Crippen molar-refractivity contribution in [3.05, 3.63) is 95.8 Å². The van der Waals surface area contributed by atoms with Crippen molar-refractivity contribution in [2.24, 2.45) is 0 Å². The van der Waals surface area contributed by atoms with Gasteiger partial charge in [-0.15, -0.1) is 0 Å². The number of fused-ring (bicyclic) bond motifs is 1. The lowest BCUT2D eigenvalue weighted by Gasteiger charge is -2.46. The molecule has 0 spiro atoms. The first-order valence-corrected chi connectivity index (χ1v) is 16.8. The standard InChI is InChI=1S/C35H35N5O7S/c1-5-47-31-10-7-26(44-2)21-29(31)35(39-18-16-38(17-19-39)25-12-14-37-15-13-25)28-20-24(23-36)6-9-30(28)40(34(35)41)48(42,43)33-11-8-27(45-3)22-32(33)46-4/h6-15,20-22H,5,16-19H2,1-4H3. The molecule has 0 aliphatic carbocycles. The fraction of sp³-hybridized carbons (Fsp3) is 0.286. The summed E-state index contributed by atoms with van der Waals surface area (Å²) in [6.07, 6.45) is 3.45. The van der Waals surface area contributed by atoms with Crippen LogP contribution >= 0.6 is 0 Å². The molecule has 3 heterocycles. The lowest BCUT2D eigenvalue weighted by molar-refractivity contribution is -0.127. The number of sulfonamides is 1. The van der Waals surface area contributed by atoms with E-state index >= 15 is 4.79 Å². The Hall–Kier alpha value is -5.32. The van der Waals surface area contributed by atoms with E-state index in [2.05, 4.69) is 16.0 Å². The van der Waals surface area contributed by atoms with Gasteiger partial charge in [-0.25, -0.2) is 12.7 Å². The number of carbonyl (C=O) groups is 1. The monoisotopic (exact) mass is 669 g/mol. The van der Waals surface area contributed by atoms with Crippen LogP contribution in [0.3, 0.4) is 0 Å². The van der Waals surface area contributed by atoms with E-state index in [9.17, 15) is 13.7 Å². The fourth-order valence-corrected chi connectivity index (χ4v) is 8.16. The number of aromatic nitrogens is 1. The molecule has 248 valence electrons. The van der Waals surface area contributed by atoms with Crippen molar-refractivity contribution < 1.29 is 32.2 Å². The number of piperazine rings is 1. The highest BCUT2D eigenvalue weighted by Gasteiger charge is 2.61.